The van der Waals surface area contributed by atoms with Gasteiger partial charge < -0.3 is 15.1 Å². The molecule has 1 fully saturated rings. The van der Waals surface area contributed by atoms with Crippen LogP contribution in [0.25, 0.3) is 0 Å². The van der Waals surface area contributed by atoms with E-state index < -0.39 is 5.66 Å². The molecule has 2 unspecified atom stereocenters. The average Bonchev–Trinajstić information content (AvgIpc) is 3.24. The number of halogens is 1. The Labute approximate surface area is 207 Å². The molecule has 0 radical (unpaired) electrons. The maximum Gasteiger partial charge on any atom is 0.257 e. The van der Waals surface area contributed by atoms with E-state index in [-0.39, 0.29) is 5.91 Å². The van der Waals surface area contributed by atoms with Crippen LogP contribution in [-0.4, -0.2) is 53.8 Å². The number of carbonyl (C=O) groups is 2. The number of fused-ring (bicyclic) bond motifs is 2. The largest absolute Gasteiger partial charge is 0.319 e. The van der Waals surface area contributed by atoms with Crippen LogP contribution < -0.4 is 10.6 Å². The fraction of sp³-hybridized carbons (Fsp3) is 0.269. The first-order valence-electron chi connectivity index (χ1n) is 11.2. The fourth-order valence-corrected chi connectivity index (χ4v) is 4.90. The molecule has 8 heteroatoms. The van der Waals surface area contributed by atoms with Crippen LogP contribution in [0.15, 0.2) is 66.9 Å². The van der Waals surface area contributed by atoms with Crippen molar-refractivity contribution >= 4 is 38.5 Å². The van der Waals surface area contributed by atoms with Crippen molar-refractivity contribution in [3.63, 3.8) is 0 Å². The molecule has 2 aliphatic rings. The van der Waals surface area contributed by atoms with Gasteiger partial charge in [0.25, 0.3) is 5.91 Å². The molecule has 2 aliphatic heterocycles. The highest BCUT2D eigenvalue weighted by molar-refractivity contribution is 7.27. The molecule has 34 heavy (non-hydrogen) atoms. The number of amides is 2. The summed E-state index contributed by atoms with van der Waals surface area (Å²) >= 11 is 6.00. The van der Waals surface area contributed by atoms with Gasteiger partial charge in [-0.1, -0.05) is 48.0 Å². The lowest BCUT2D eigenvalue weighted by Gasteiger charge is -2.45. The van der Waals surface area contributed by atoms with Gasteiger partial charge in [-0.25, -0.2) is 0 Å². The van der Waals surface area contributed by atoms with E-state index in [9.17, 15) is 9.59 Å². The molecular weight excluding hydrogens is 467 g/mol. The Morgan fingerprint density at radius 3 is 2.53 bits per heavy atom. The highest BCUT2D eigenvalue weighted by atomic mass is 35.5. The predicted molar refractivity (Wildman–Crippen MR) is 138 cm³/mol. The highest BCUT2D eigenvalue weighted by Crippen LogP contribution is 2.43. The minimum atomic E-state index is -0.815. The number of nitrogens with one attached hydrogen (secondary N) is 1. The molecule has 5 rings (SSSR count). The molecular formula is C26H28ClN4O2P. The number of hydrogen-bond acceptors (Lipinski definition) is 4. The van der Waals surface area contributed by atoms with Crippen LogP contribution in [0.1, 0.15) is 27.2 Å². The third-order valence-electron chi connectivity index (χ3n) is 6.34. The summed E-state index contributed by atoms with van der Waals surface area (Å²) in [6.07, 6.45) is 4.09. The summed E-state index contributed by atoms with van der Waals surface area (Å²) in [5.41, 5.74) is 2.79. The number of nitrogens with zero attached hydrogens (tertiary/aromatic N) is 3. The second kappa shape index (κ2) is 10.6. The highest BCUT2D eigenvalue weighted by Gasteiger charge is 2.54. The topological polar surface area (TPSA) is 65.5 Å². The van der Waals surface area contributed by atoms with Gasteiger partial charge in [-0.15, -0.1) is 9.24 Å². The van der Waals surface area contributed by atoms with Crippen molar-refractivity contribution in [1.29, 1.82) is 0 Å². The summed E-state index contributed by atoms with van der Waals surface area (Å²) < 4.78 is 0. The van der Waals surface area contributed by atoms with Gasteiger partial charge in [0.05, 0.1) is 11.3 Å². The Bertz CT molecular complexity index is 1160. The van der Waals surface area contributed by atoms with E-state index in [1.165, 1.54) is 10.9 Å². The zero-order valence-electron chi connectivity index (χ0n) is 19.1. The van der Waals surface area contributed by atoms with Gasteiger partial charge in [0.2, 0.25) is 6.41 Å². The summed E-state index contributed by atoms with van der Waals surface area (Å²) in [7, 11) is 4.66. The molecule has 0 bridgehead atoms. The van der Waals surface area contributed by atoms with Gasteiger partial charge in [-0.2, -0.15) is 0 Å². The Kier molecular flexibility index (Phi) is 7.62. The van der Waals surface area contributed by atoms with Crippen LogP contribution in [0.2, 0.25) is 5.02 Å². The normalized spacial score (nSPS) is 18.6. The Morgan fingerprint density at radius 1 is 1.12 bits per heavy atom. The molecule has 2 atom stereocenters. The van der Waals surface area contributed by atoms with E-state index in [2.05, 4.69) is 43.8 Å². The summed E-state index contributed by atoms with van der Waals surface area (Å²) in [5.74, 6) is -0.0846. The quantitative estimate of drug-likeness (QED) is 0.437. The molecule has 3 heterocycles. The third kappa shape index (κ3) is 4.72. The van der Waals surface area contributed by atoms with Gasteiger partial charge >= 0.3 is 0 Å². The molecule has 0 spiro atoms. The molecule has 1 N–H and O–H groups in total. The number of hydrogen-bond donors (Lipinski definition) is 1. The average molecular weight is 495 g/mol. The predicted octanol–water partition coefficient (Wildman–Crippen LogP) is 3.01. The van der Waals surface area contributed by atoms with Gasteiger partial charge in [-0.05, 0) is 60.7 Å². The number of rotatable bonds is 5. The molecule has 1 aromatic heterocycles. The summed E-state index contributed by atoms with van der Waals surface area (Å²) in [5, 5.41) is 4.99. The molecule has 6 nitrogen and oxygen atoms in total. The zero-order chi connectivity index (χ0) is 24.1. The van der Waals surface area contributed by atoms with Crippen molar-refractivity contribution in [2.24, 2.45) is 0 Å². The summed E-state index contributed by atoms with van der Waals surface area (Å²) in [6.45, 7) is 2.07. The van der Waals surface area contributed by atoms with Crippen molar-refractivity contribution in [2.45, 2.75) is 18.5 Å². The van der Waals surface area contributed by atoms with E-state index in [0.29, 0.717) is 30.1 Å². The molecule has 2 amide bonds. The van der Waals surface area contributed by atoms with E-state index in [4.69, 9.17) is 11.6 Å². The first-order chi connectivity index (χ1) is 16.5. The first-order valence-corrected chi connectivity index (χ1v) is 12.2. The molecule has 1 saturated heterocycles. The minimum Gasteiger partial charge on any atom is -0.319 e. The SMILES string of the molecule is CNCCc1ccc(P)cc1.O=CN1CCN2C(=O)c3cccnc3CC12c1ccc(Cl)cc1. The smallest absolute Gasteiger partial charge is 0.257 e. The van der Waals surface area contributed by atoms with Gasteiger partial charge in [0.15, 0.2) is 0 Å². The number of aromatic nitrogens is 1. The van der Waals surface area contributed by atoms with E-state index >= 15 is 0 Å². The number of likely N-dealkylation sites (N-methyl/N-ethyl adjacent to an activating group) is 1. The van der Waals surface area contributed by atoms with Crippen molar-refractivity contribution < 1.29 is 9.59 Å². The monoisotopic (exact) mass is 494 g/mol. The van der Waals surface area contributed by atoms with Crippen LogP contribution in [0, 0.1) is 0 Å². The number of carbonyl (C=O) groups excluding carboxylic acids is 2. The number of benzene rings is 2. The lowest BCUT2D eigenvalue weighted by Crippen LogP contribution is -2.57. The molecule has 0 aliphatic carbocycles. The Hall–Kier alpha value is -2.79. The van der Waals surface area contributed by atoms with Crippen molar-refractivity contribution in [2.75, 3.05) is 26.7 Å². The molecule has 176 valence electrons. The zero-order valence-corrected chi connectivity index (χ0v) is 21.0. The maximum atomic E-state index is 12.9. The number of pyridine rings is 1. The van der Waals surface area contributed by atoms with Gasteiger partial charge in [0, 0.05) is 30.7 Å². The second-order valence-electron chi connectivity index (χ2n) is 8.35. The van der Waals surface area contributed by atoms with Crippen LogP contribution in [0.5, 0.6) is 0 Å². The summed E-state index contributed by atoms with van der Waals surface area (Å²) in [4.78, 5) is 32.4. The Balaban J connectivity index is 0.000000210. The van der Waals surface area contributed by atoms with Crippen molar-refractivity contribution in [3.05, 3.63) is 94.3 Å². The van der Waals surface area contributed by atoms with E-state index in [1.54, 1.807) is 40.3 Å². The van der Waals surface area contributed by atoms with E-state index in [1.807, 2.05) is 19.2 Å². The van der Waals surface area contributed by atoms with Gasteiger partial charge in [0.1, 0.15) is 5.66 Å². The van der Waals surface area contributed by atoms with Crippen LogP contribution in [0.3, 0.4) is 0 Å². The molecule has 0 saturated carbocycles. The molecule has 2 aromatic carbocycles. The first kappa shape index (κ1) is 24.3. The third-order valence-corrected chi connectivity index (χ3v) is 6.98. The van der Waals surface area contributed by atoms with Crippen LogP contribution in [-0.2, 0) is 23.3 Å². The lowest BCUT2D eigenvalue weighted by atomic mass is 9.86. The van der Waals surface area contributed by atoms with Gasteiger partial charge in [-0.3, -0.25) is 14.6 Å². The fourth-order valence-electron chi connectivity index (χ4n) is 4.59. The summed E-state index contributed by atoms with van der Waals surface area (Å²) in [6, 6.07) is 19.4. The Morgan fingerprint density at radius 2 is 1.85 bits per heavy atom. The second-order valence-corrected chi connectivity index (χ2v) is 9.45. The maximum absolute atomic E-state index is 12.9. The van der Waals surface area contributed by atoms with Crippen LogP contribution >= 0.6 is 20.8 Å². The minimum absolute atomic E-state index is 0.0846. The van der Waals surface area contributed by atoms with Crippen molar-refractivity contribution in [1.82, 2.24) is 20.1 Å². The standard InChI is InChI=1S/C17H14ClN3O2.C9H14NP/c18-13-5-3-12(4-6-13)17-10-15-14(2-1-7-19-15)16(23)21(17)9-8-20(17)11-22;1-10-7-6-8-2-4-9(11)5-3-8/h1-7,11H,8-10H2;2-5,10H,6-7,11H2,1H3. The van der Waals surface area contributed by atoms with Crippen LogP contribution in [0.4, 0.5) is 0 Å². The van der Waals surface area contributed by atoms with E-state index in [0.717, 1.165) is 30.6 Å². The molecule has 3 aromatic rings. The van der Waals surface area contributed by atoms with Crippen molar-refractivity contribution in [3.8, 4) is 0 Å². The lowest BCUT2D eigenvalue weighted by molar-refractivity contribution is -0.125.